The van der Waals surface area contributed by atoms with Crippen molar-refractivity contribution in [3.63, 3.8) is 0 Å². The minimum absolute atomic E-state index is 0.181. The van der Waals surface area contributed by atoms with E-state index in [1.54, 1.807) is 7.11 Å². The number of nitrogens with zero attached hydrogens (tertiary/aromatic N) is 2. The Kier molecular flexibility index (Phi) is 3.72. The van der Waals surface area contributed by atoms with Gasteiger partial charge in [-0.1, -0.05) is 12.1 Å². The first kappa shape index (κ1) is 12.7. The van der Waals surface area contributed by atoms with Crippen LogP contribution in [0.25, 0.3) is 6.08 Å². The molecule has 5 heteroatoms. The molecule has 2 rings (SSSR count). The molecule has 1 aromatic rings. The highest BCUT2D eigenvalue weighted by Gasteiger charge is 2.22. The zero-order valence-corrected chi connectivity index (χ0v) is 11.3. The molecule has 1 aromatic carbocycles. The van der Waals surface area contributed by atoms with Gasteiger partial charge in [0, 0.05) is 14.1 Å². The average Bonchev–Trinajstić information content (AvgIpc) is 2.72. The molecule has 1 heterocycles. The Hall–Kier alpha value is -1.75. The molecular formula is C13H14N2O2S. The molecule has 0 spiro atoms. The summed E-state index contributed by atoms with van der Waals surface area (Å²) < 4.78 is 5.09. The average molecular weight is 262 g/mol. The number of aliphatic imine (C=N–C) groups is 1. The van der Waals surface area contributed by atoms with Crippen LogP contribution in [0.5, 0.6) is 5.75 Å². The van der Waals surface area contributed by atoms with Gasteiger partial charge in [-0.25, -0.2) is 0 Å². The van der Waals surface area contributed by atoms with Crippen molar-refractivity contribution in [3.05, 3.63) is 34.7 Å². The number of amidine groups is 1. The number of carbonyl (C=O) groups excluding carboxylic acids is 1. The van der Waals surface area contributed by atoms with Gasteiger partial charge in [-0.3, -0.25) is 4.79 Å². The first-order chi connectivity index (χ1) is 8.60. The Labute approximate surface area is 110 Å². The molecule has 1 aliphatic rings. The van der Waals surface area contributed by atoms with Crippen LogP contribution >= 0.6 is 11.8 Å². The van der Waals surface area contributed by atoms with E-state index in [0.717, 1.165) is 16.5 Å². The van der Waals surface area contributed by atoms with Crippen molar-refractivity contribution in [2.45, 2.75) is 0 Å². The van der Waals surface area contributed by atoms with Gasteiger partial charge in [0.05, 0.1) is 12.0 Å². The number of hydrogen-bond donors (Lipinski definition) is 0. The van der Waals surface area contributed by atoms with Gasteiger partial charge in [-0.05, 0) is 35.5 Å². The molecule has 0 N–H and O–H groups in total. The Bertz CT molecular complexity index is 518. The predicted molar refractivity (Wildman–Crippen MR) is 74.7 cm³/mol. The summed E-state index contributed by atoms with van der Waals surface area (Å²) in [7, 11) is 5.37. The standard InChI is InChI=1S/C13H14N2O2S/c1-15(2)13-14-12(16)11(18-13)8-9-4-6-10(17-3)7-5-9/h4-8H,1-3H3/b11-8-. The van der Waals surface area contributed by atoms with Crippen LogP contribution in [0.4, 0.5) is 0 Å². The van der Waals surface area contributed by atoms with E-state index < -0.39 is 0 Å². The van der Waals surface area contributed by atoms with E-state index in [0.29, 0.717) is 4.91 Å². The van der Waals surface area contributed by atoms with E-state index in [1.807, 2.05) is 49.3 Å². The smallest absolute Gasteiger partial charge is 0.286 e. The third-order valence-electron chi connectivity index (χ3n) is 2.41. The Balaban J connectivity index is 2.17. The van der Waals surface area contributed by atoms with E-state index >= 15 is 0 Å². The van der Waals surface area contributed by atoms with Crippen molar-refractivity contribution >= 4 is 28.9 Å². The molecule has 0 fully saturated rings. The normalized spacial score (nSPS) is 16.9. The molecule has 94 valence electrons. The molecular weight excluding hydrogens is 248 g/mol. The van der Waals surface area contributed by atoms with Crippen LogP contribution in [0.2, 0.25) is 0 Å². The van der Waals surface area contributed by atoms with Crippen molar-refractivity contribution in [1.29, 1.82) is 0 Å². The predicted octanol–water partition coefficient (Wildman–Crippen LogP) is 2.23. The fraction of sp³-hybridized carbons (Fsp3) is 0.231. The monoisotopic (exact) mass is 262 g/mol. The summed E-state index contributed by atoms with van der Waals surface area (Å²) in [6, 6.07) is 7.55. The summed E-state index contributed by atoms with van der Waals surface area (Å²) in [5.41, 5.74) is 0.960. The first-order valence-electron chi connectivity index (χ1n) is 5.44. The summed E-state index contributed by atoms with van der Waals surface area (Å²) in [6.45, 7) is 0. The highest BCUT2D eigenvalue weighted by Crippen LogP contribution is 2.29. The van der Waals surface area contributed by atoms with E-state index in [-0.39, 0.29) is 5.91 Å². The quantitative estimate of drug-likeness (QED) is 0.766. The van der Waals surface area contributed by atoms with E-state index in [2.05, 4.69) is 4.99 Å². The van der Waals surface area contributed by atoms with Gasteiger partial charge in [0.25, 0.3) is 5.91 Å². The number of thioether (sulfide) groups is 1. The SMILES string of the molecule is COc1ccc(/C=C2\SC(N(C)C)=NC2=O)cc1. The zero-order chi connectivity index (χ0) is 13.1. The second-order valence-corrected chi connectivity index (χ2v) is 4.99. The molecule has 0 bridgehead atoms. The minimum Gasteiger partial charge on any atom is -0.497 e. The number of methoxy groups -OCH3 is 1. The maximum Gasteiger partial charge on any atom is 0.286 e. The van der Waals surface area contributed by atoms with Crippen molar-refractivity contribution in [3.8, 4) is 5.75 Å². The molecule has 0 aliphatic carbocycles. The molecule has 0 radical (unpaired) electrons. The topological polar surface area (TPSA) is 41.9 Å². The number of ether oxygens (including phenoxy) is 1. The highest BCUT2D eigenvalue weighted by atomic mass is 32.2. The van der Waals surface area contributed by atoms with Gasteiger partial charge in [0.1, 0.15) is 5.75 Å². The molecule has 1 aliphatic heterocycles. The van der Waals surface area contributed by atoms with Crippen molar-refractivity contribution in [1.82, 2.24) is 4.90 Å². The molecule has 0 saturated carbocycles. The summed E-state index contributed by atoms with van der Waals surface area (Å²) >= 11 is 1.39. The molecule has 0 aromatic heterocycles. The van der Waals surface area contributed by atoms with Crippen molar-refractivity contribution in [2.24, 2.45) is 4.99 Å². The number of rotatable bonds is 2. The third kappa shape index (κ3) is 2.73. The second kappa shape index (κ2) is 5.27. The number of hydrogen-bond acceptors (Lipinski definition) is 4. The van der Waals surface area contributed by atoms with Crippen molar-refractivity contribution in [2.75, 3.05) is 21.2 Å². The summed E-state index contributed by atoms with van der Waals surface area (Å²) in [5.74, 6) is 0.618. The van der Waals surface area contributed by atoms with Crippen LogP contribution in [-0.4, -0.2) is 37.2 Å². The van der Waals surface area contributed by atoms with Crippen LogP contribution in [0.1, 0.15) is 5.56 Å². The zero-order valence-electron chi connectivity index (χ0n) is 10.5. The molecule has 0 atom stereocenters. The maximum absolute atomic E-state index is 11.7. The van der Waals surface area contributed by atoms with Gasteiger partial charge >= 0.3 is 0 Å². The highest BCUT2D eigenvalue weighted by molar-refractivity contribution is 8.18. The summed E-state index contributed by atoms with van der Waals surface area (Å²) in [4.78, 5) is 18.1. The van der Waals surface area contributed by atoms with Gasteiger partial charge in [-0.2, -0.15) is 4.99 Å². The molecule has 1 amide bonds. The fourth-order valence-electron chi connectivity index (χ4n) is 1.44. The van der Waals surface area contributed by atoms with E-state index in [4.69, 9.17) is 4.74 Å². The lowest BCUT2D eigenvalue weighted by molar-refractivity contribution is -0.113. The maximum atomic E-state index is 11.7. The lowest BCUT2D eigenvalue weighted by atomic mass is 10.2. The third-order valence-corrected chi connectivity index (χ3v) is 3.56. The number of amides is 1. The number of benzene rings is 1. The van der Waals surface area contributed by atoms with Gasteiger partial charge in [-0.15, -0.1) is 0 Å². The Morgan fingerprint density at radius 2 is 1.94 bits per heavy atom. The minimum atomic E-state index is -0.181. The van der Waals surface area contributed by atoms with Crippen LogP contribution in [-0.2, 0) is 4.79 Å². The molecule has 0 unspecified atom stereocenters. The van der Waals surface area contributed by atoms with Gasteiger partial charge in [0.2, 0.25) is 0 Å². The largest absolute Gasteiger partial charge is 0.497 e. The first-order valence-corrected chi connectivity index (χ1v) is 6.26. The van der Waals surface area contributed by atoms with E-state index in [9.17, 15) is 4.79 Å². The van der Waals surface area contributed by atoms with Crippen LogP contribution in [0.15, 0.2) is 34.2 Å². The summed E-state index contributed by atoms with van der Waals surface area (Å²) in [5, 5.41) is 0.722. The summed E-state index contributed by atoms with van der Waals surface area (Å²) in [6.07, 6.45) is 1.84. The second-order valence-electron chi connectivity index (χ2n) is 3.98. The lowest BCUT2D eigenvalue weighted by Crippen LogP contribution is -2.16. The molecule has 18 heavy (non-hydrogen) atoms. The van der Waals surface area contributed by atoms with Crippen LogP contribution in [0, 0.1) is 0 Å². The number of carbonyl (C=O) groups is 1. The van der Waals surface area contributed by atoms with Gasteiger partial charge in [0.15, 0.2) is 5.17 Å². The molecule has 4 nitrogen and oxygen atoms in total. The fourth-order valence-corrected chi connectivity index (χ4v) is 2.28. The lowest BCUT2D eigenvalue weighted by Gasteiger charge is -2.08. The van der Waals surface area contributed by atoms with E-state index in [1.165, 1.54) is 11.8 Å². The van der Waals surface area contributed by atoms with Crippen LogP contribution in [0.3, 0.4) is 0 Å². The Morgan fingerprint density at radius 1 is 1.28 bits per heavy atom. The van der Waals surface area contributed by atoms with Crippen molar-refractivity contribution < 1.29 is 9.53 Å². The molecule has 0 saturated heterocycles. The van der Waals surface area contributed by atoms with Crippen LogP contribution < -0.4 is 4.74 Å². The Morgan fingerprint density at radius 3 is 2.44 bits per heavy atom. The van der Waals surface area contributed by atoms with Gasteiger partial charge < -0.3 is 9.64 Å².